The van der Waals surface area contributed by atoms with Crippen molar-refractivity contribution in [1.82, 2.24) is 9.88 Å². The molecule has 0 saturated heterocycles. The highest BCUT2D eigenvalue weighted by Gasteiger charge is 1.93. The Morgan fingerprint density at radius 3 is 2.60 bits per heavy atom. The minimum Gasteiger partial charge on any atom is -0.354 e. The summed E-state index contributed by atoms with van der Waals surface area (Å²) >= 11 is 0. The maximum absolute atomic E-state index is 3.74. The van der Waals surface area contributed by atoms with E-state index in [-0.39, 0.29) is 0 Å². The summed E-state index contributed by atoms with van der Waals surface area (Å²) in [5, 5.41) is 3.49. The molecule has 110 valence electrons. The molecule has 0 aliphatic rings. The van der Waals surface area contributed by atoms with Crippen LogP contribution < -0.4 is 5.32 Å². The summed E-state index contributed by atoms with van der Waals surface area (Å²) < 4.78 is 2.25. The number of rotatable bonds is 11. The van der Waals surface area contributed by atoms with Gasteiger partial charge < -0.3 is 9.88 Å². The van der Waals surface area contributed by atoms with E-state index in [1.165, 1.54) is 31.3 Å². The van der Waals surface area contributed by atoms with E-state index < -0.39 is 0 Å². The highest BCUT2D eigenvalue weighted by Crippen LogP contribution is 2.02. The Bertz CT molecular complexity index is 399. The molecule has 0 aliphatic carbocycles. The summed E-state index contributed by atoms with van der Waals surface area (Å²) in [6.45, 7) is 8.96. The van der Waals surface area contributed by atoms with Crippen LogP contribution in [0, 0.1) is 0 Å². The van der Waals surface area contributed by atoms with Gasteiger partial charge in [-0.2, -0.15) is 0 Å². The molecular formula is C18H28N2. The van der Waals surface area contributed by atoms with Gasteiger partial charge in [-0.25, -0.2) is 0 Å². The predicted molar refractivity (Wildman–Crippen MR) is 88.9 cm³/mol. The Hall–Kier alpha value is -1.54. The first kappa shape index (κ1) is 16.5. The lowest BCUT2D eigenvalue weighted by Gasteiger charge is -2.06. The normalized spacial score (nSPS) is 12.2. The number of hydrogen-bond acceptors (Lipinski definition) is 1. The molecule has 1 rings (SSSR count). The van der Waals surface area contributed by atoms with Crippen LogP contribution in [0.5, 0.6) is 0 Å². The van der Waals surface area contributed by atoms with Crippen LogP contribution in [0.4, 0.5) is 0 Å². The van der Waals surface area contributed by atoms with Gasteiger partial charge in [0, 0.05) is 25.5 Å². The zero-order valence-corrected chi connectivity index (χ0v) is 12.7. The summed E-state index contributed by atoms with van der Waals surface area (Å²) in [5.74, 6) is 0. The van der Waals surface area contributed by atoms with Gasteiger partial charge in [0.25, 0.3) is 0 Å². The molecule has 2 nitrogen and oxygen atoms in total. The molecule has 2 heteroatoms. The topological polar surface area (TPSA) is 17.0 Å². The van der Waals surface area contributed by atoms with Crippen LogP contribution in [0.15, 0.2) is 61.0 Å². The monoisotopic (exact) mass is 272 g/mol. The lowest BCUT2D eigenvalue weighted by molar-refractivity contribution is 0.559. The molecule has 0 atom stereocenters. The van der Waals surface area contributed by atoms with Crippen LogP contribution in [-0.4, -0.2) is 17.7 Å². The third kappa shape index (κ3) is 7.80. The van der Waals surface area contributed by atoms with Gasteiger partial charge in [0.15, 0.2) is 0 Å². The van der Waals surface area contributed by atoms with Gasteiger partial charge in [-0.1, -0.05) is 43.7 Å². The molecule has 0 radical (unpaired) electrons. The number of nitrogens with one attached hydrogen (secondary N) is 1. The molecule has 0 aromatic carbocycles. The lowest BCUT2D eigenvalue weighted by Crippen LogP contribution is -2.17. The number of hydrogen-bond donors (Lipinski definition) is 1. The average Bonchev–Trinajstić information content (AvgIpc) is 2.95. The molecular weight excluding hydrogens is 244 g/mol. The maximum Gasteiger partial charge on any atom is 0.0219 e. The highest BCUT2D eigenvalue weighted by atomic mass is 14.9. The number of nitrogens with zero attached hydrogens (tertiary/aromatic N) is 1. The van der Waals surface area contributed by atoms with E-state index in [2.05, 4.69) is 59.2 Å². The van der Waals surface area contributed by atoms with Gasteiger partial charge in [0.05, 0.1) is 0 Å². The quantitative estimate of drug-likeness (QED) is 0.469. The molecule has 1 aromatic rings. The van der Waals surface area contributed by atoms with Crippen molar-refractivity contribution in [1.29, 1.82) is 0 Å². The fourth-order valence-electron chi connectivity index (χ4n) is 2.19. The Balaban J connectivity index is 1.96. The molecule has 1 N–H and O–H groups in total. The minimum absolute atomic E-state index is 0.930. The van der Waals surface area contributed by atoms with Crippen molar-refractivity contribution in [3.05, 3.63) is 61.0 Å². The van der Waals surface area contributed by atoms with Crippen LogP contribution in [0.25, 0.3) is 0 Å². The van der Waals surface area contributed by atoms with Gasteiger partial charge in [0.2, 0.25) is 0 Å². The van der Waals surface area contributed by atoms with E-state index in [1.807, 2.05) is 13.0 Å². The van der Waals surface area contributed by atoms with Gasteiger partial charge in [-0.3, -0.25) is 0 Å². The van der Waals surface area contributed by atoms with E-state index in [9.17, 15) is 0 Å². The standard InChI is InChI=1S/C18H28N2/c1-3-11-18(12-4-2)17-19-13-7-5-6-8-14-20-15-9-10-16-20/h3-4,9-12,15-16,19H,1,5-8,13-14,17H2,2H3/b12-4-,18-11+. The molecule has 0 saturated carbocycles. The molecule has 0 fully saturated rings. The first-order valence-electron chi connectivity index (χ1n) is 7.62. The molecule has 0 spiro atoms. The van der Waals surface area contributed by atoms with Gasteiger partial charge in [0.1, 0.15) is 0 Å². The van der Waals surface area contributed by atoms with Gasteiger partial charge >= 0.3 is 0 Å². The SMILES string of the molecule is C=C/C=C(\C=C/C)CNCCCCCCn1cccc1. The van der Waals surface area contributed by atoms with Crippen molar-refractivity contribution in [2.75, 3.05) is 13.1 Å². The smallest absolute Gasteiger partial charge is 0.0219 e. The molecule has 0 aliphatic heterocycles. The third-order valence-electron chi connectivity index (χ3n) is 3.23. The zero-order valence-electron chi connectivity index (χ0n) is 12.7. The largest absolute Gasteiger partial charge is 0.354 e. The van der Waals surface area contributed by atoms with Crippen molar-refractivity contribution in [3.63, 3.8) is 0 Å². The Morgan fingerprint density at radius 2 is 1.90 bits per heavy atom. The van der Waals surface area contributed by atoms with E-state index in [4.69, 9.17) is 0 Å². The maximum atomic E-state index is 3.74. The second-order valence-corrected chi connectivity index (χ2v) is 4.99. The second-order valence-electron chi connectivity index (χ2n) is 4.99. The summed E-state index contributed by atoms with van der Waals surface area (Å²) in [5.41, 5.74) is 1.29. The van der Waals surface area contributed by atoms with Crippen molar-refractivity contribution in [2.24, 2.45) is 0 Å². The van der Waals surface area contributed by atoms with Crippen LogP contribution in [0.1, 0.15) is 32.6 Å². The Morgan fingerprint density at radius 1 is 1.15 bits per heavy atom. The zero-order chi connectivity index (χ0) is 14.5. The number of aryl methyl sites for hydroxylation is 1. The van der Waals surface area contributed by atoms with E-state index in [0.717, 1.165) is 19.6 Å². The summed E-state index contributed by atoms with van der Waals surface area (Å²) in [6, 6.07) is 4.17. The van der Waals surface area contributed by atoms with E-state index >= 15 is 0 Å². The number of unbranched alkanes of at least 4 members (excludes halogenated alkanes) is 3. The number of aromatic nitrogens is 1. The molecule has 1 heterocycles. The van der Waals surface area contributed by atoms with Crippen LogP contribution in [-0.2, 0) is 6.54 Å². The van der Waals surface area contributed by atoms with Gasteiger partial charge in [-0.05, 0) is 44.0 Å². The summed E-state index contributed by atoms with van der Waals surface area (Å²) in [6.07, 6.45) is 17.5. The minimum atomic E-state index is 0.930. The van der Waals surface area contributed by atoms with E-state index in [0.29, 0.717) is 0 Å². The van der Waals surface area contributed by atoms with Crippen molar-refractivity contribution < 1.29 is 0 Å². The van der Waals surface area contributed by atoms with Crippen LogP contribution in [0.3, 0.4) is 0 Å². The summed E-state index contributed by atoms with van der Waals surface area (Å²) in [7, 11) is 0. The average molecular weight is 272 g/mol. The highest BCUT2D eigenvalue weighted by molar-refractivity contribution is 5.23. The molecule has 1 aromatic heterocycles. The molecule has 0 unspecified atom stereocenters. The third-order valence-corrected chi connectivity index (χ3v) is 3.23. The number of allylic oxidation sites excluding steroid dienone is 3. The fourth-order valence-corrected chi connectivity index (χ4v) is 2.19. The van der Waals surface area contributed by atoms with Crippen LogP contribution in [0.2, 0.25) is 0 Å². The molecule has 0 bridgehead atoms. The van der Waals surface area contributed by atoms with Crippen molar-refractivity contribution in [2.45, 2.75) is 39.2 Å². The first-order valence-corrected chi connectivity index (χ1v) is 7.62. The Kier molecular flexibility index (Phi) is 9.33. The van der Waals surface area contributed by atoms with E-state index in [1.54, 1.807) is 0 Å². The first-order chi connectivity index (χ1) is 9.86. The summed E-state index contributed by atoms with van der Waals surface area (Å²) in [4.78, 5) is 0. The van der Waals surface area contributed by atoms with Crippen LogP contribution >= 0.6 is 0 Å². The molecule has 20 heavy (non-hydrogen) atoms. The van der Waals surface area contributed by atoms with Crippen molar-refractivity contribution >= 4 is 0 Å². The second kappa shape index (κ2) is 11.3. The fraction of sp³-hybridized carbons (Fsp3) is 0.444. The predicted octanol–water partition coefficient (Wildman–Crippen LogP) is 4.33. The Labute approximate surface area is 123 Å². The molecule has 0 amide bonds. The van der Waals surface area contributed by atoms with Crippen molar-refractivity contribution in [3.8, 4) is 0 Å². The van der Waals surface area contributed by atoms with Gasteiger partial charge in [-0.15, -0.1) is 0 Å². The lowest BCUT2D eigenvalue weighted by atomic mass is 10.2.